The molecule has 0 spiro atoms. The summed E-state index contributed by atoms with van der Waals surface area (Å²) in [6.45, 7) is 0.412. The van der Waals surface area contributed by atoms with E-state index in [-0.39, 0.29) is 0 Å². The molecule has 23 heavy (non-hydrogen) atoms. The van der Waals surface area contributed by atoms with Crippen LogP contribution in [0, 0.1) is 0 Å². The van der Waals surface area contributed by atoms with Crippen LogP contribution in [0.4, 0.5) is 0 Å². The van der Waals surface area contributed by atoms with Crippen LogP contribution in [0.3, 0.4) is 0 Å². The van der Waals surface area contributed by atoms with Gasteiger partial charge in [-0.1, -0.05) is 30.3 Å². The first-order chi connectivity index (χ1) is 11.2. The standard InChI is InChI=1S/C18H17NO4/c1-21-16-9-8-14-13(10-15(19-14)18(20)22-2)17(16)23-11-12-6-4-3-5-7-12/h3-10,19H,11H2,1-2H3. The van der Waals surface area contributed by atoms with Crippen LogP contribution in [-0.2, 0) is 11.3 Å². The van der Waals surface area contributed by atoms with Gasteiger partial charge < -0.3 is 19.2 Å². The largest absolute Gasteiger partial charge is 0.493 e. The molecule has 1 aromatic heterocycles. The molecule has 0 amide bonds. The summed E-state index contributed by atoms with van der Waals surface area (Å²) in [4.78, 5) is 14.7. The minimum atomic E-state index is -0.422. The first-order valence-electron chi connectivity index (χ1n) is 7.17. The molecule has 3 rings (SSSR count). The average molecular weight is 311 g/mol. The maximum absolute atomic E-state index is 11.7. The number of carbonyl (C=O) groups is 1. The van der Waals surface area contributed by atoms with Crippen molar-refractivity contribution < 1.29 is 19.0 Å². The summed E-state index contributed by atoms with van der Waals surface area (Å²) in [7, 11) is 2.94. The number of fused-ring (bicyclic) bond motifs is 1. The Kier molecular flexibility index (Phi) is 4.19. The van der Waals surface area contributed by atoms with Crippen molar-refractivity contribution in [3.63, 3.8) is 0 Å². The van der Waals surface area contributed by atoms with Crippen LogP contribution < -0.4 is 9.47 Å². The fraction of sp³-hybridized carbons (Fsp3) is 0.167. The normalized spacial score (nSPS) is 10.5. The molecule has 0 unspecified atom stereocenters. The zero-order chi connectivity index (χ0) is 16.2. The van der Waals surface area contributed by atoms with E-state index < -0.39 is 5.97 Å². The van der Waals surface area contributed by atoms with Gasteiger partial charge in [-0.05, 0) is 23.8 Å². The minimum Gasteiger partial charge on any atom is -0.493 e. The van der Waals surface area contributed by atoms with Crippen LogP contribution in [0.1, 0.15) is 16.1 Å². The molecule has 1 N–H and O–H groups in total. The van der Waals surface area contributed by atoms with Crippen molar-refractivity contribution in [3.05, 3.63) is 59.8 Å². The molecular formula is C18H17NO4. The highest BCUT2D eigenvalue weighted by Gasteiger charge is 2.16. The Morgan fingerprint density at radius 1 is 1.09 bits per heavy atom. The molecule has 0 aliphatic rings. The average Bonchev–Trinajstić information content (AvgIpc) is 3.04. The van der Waals surface area contributed by atoms with Crippen LogP contribution in [0.5, 0.6) is 11.5 Å². The number of benzene rings is 2. The Labute approximate surface area is 133 Å². The van der Waals surface area contributed by atoms with Crippen molar-refractivity contribution >= 4 is 16.9 Å². The predicted molar refractivity (Wildman–Crippen MR) is 87.0 cm³/mol. The molecule has 5 heteroatoms. The first-order valence-corrected chi connectivity index (χ1v) is 7.17. The number of carbonyl (C=O) groups excluding carboxylic acids is 1. The van der Waals surface area contributed by atoms with Gasteiger partial charge in [0.15, 0.2) is 11.5 Å². The zero-order valence-electron chi connectivity index (χ0n) is 13.0. The van der Waals surface area contributed by atoms with Gasteiger partial charge >= 0.3 is 5.97 Å². The number of aromatic amines is 1. The Morgan fingerprint density at radius 2 is 1.87 bits per heavy atom. The van der Waals surface area contributed by atoms with Crippen LogP contribution in [0.2, 0.25) is 0 Å². The third-order valence-electron chi connectivity index (χ3n) is 3.57. The van der Waals surface area contributed by atoms with E-state index in [0.717, 1.165) is 16.5 Å². The first kappa shape index (κ1) is 15.0. The number of hydrogen-bond acceptors (Lipinski definition) is 4. The predicted octanol–water partition coefficient (Wildman–Crippen LogP) is 3.54. The van der Waals surface area contributed by atoms with Gasteiger partial charge in [0.05, 0.1) is 19.7 Å². The summed E-state index contributed by atoms with van der Waals surface area (Å²) < 4.78 is 16.1. The number of methoxy groups -OCH3 is 2. The summed E-state index contributed by atoms with van der Waals surface area (Å²) >= 11 is 0. The summed E-state index contributed by atoms with van der Waals surface area (Å²) in [6, 6.07) is 15.2. The fourth-order valence-corrected chi connectivity index (χ4v) is 2.42. The number of ether oxygens (including phenoxy) is 3. The Bertz CT molecular complexity index is 824. The molecule has 5 nitrogen and oxygen atoms in total. The van der Waals surface area contributed by atoms with Gasteiger partial charge in [-0.25, -0.2) is 4.79 Å². The molecule has 0 atom stereocenters. The summed E-state index contributed by atoms with van der Waals surface area (Å²) in [5.41, 5.74) is 2.21. The van der Waals surface area contributed by atoms with Crippen LogP contribution >= 0.6 is 0 Å². The van der Waals surface area contributed by atoms with Gasteiger partial charge in [-0.2, -0.15) is 0 Å². The number of rotatable bonds is 5. The SMILES string of the molecule is COC(=O)c1cc2c(OCc3ccccc3)c(OC)ccc2[nH]1. The van der Waals surface area contributed by atoms with E-state index in [2.05, 4.69) is 4.98 Å². The van der Waals surface area contributed by atoms with Crippen molar-refractivity contribution in [2.24, 2.45) is 0 Å². The second-order valence-corrected chi connectivity index (χ2v) is 5.01. The van der Waals surface area contributed by atoms with E-state index in [1.165, 1.54) is 7.11 Å². The quantitative estimate of drug-likeness (QED) is 0.732. The maximum atomic E-state index is 11.7. The minimum absolute atomic E-state index is 0.375. The molecule has 2 aromatic carbocycles. The number of hydrogen-bond donors (Lipinski definition) is 1. The molecule has 1 heterocycles. The molecule has 0 bridgehead atoms. The Hall–Kier alpha value is -2.95. The number of esters is 1. The lowest BCUT2D eigenvalue weighted by Gasteiger charge is -2.11. The number of aromatic nitrogens is 1. The van der Waals surface area contributed by atoms with Gasteiger partial charge in [0.1, 0.15) is 12.3 Å². The number of nitrogens with one attached hydrogen (secondary N) is 1. The maximum Gasteiger partial charge on any atom is 0.354 e. The molecule has 0 saturated carbocycles. The van der Waals surface area contributed by atoms with Gasteiger partial charge in [0, 0.05) is 5.39 Å². The van der Waals surface area contributed by atoms with Gasteiger partial charge in [0.25, 0.3) is 0 Å². The van der Waals surface area contributed by atoms with Crippen molar-refractivity contribution in [2.75, 3.05) is 14.2 Å². The molecule has 3 aromatic rings. The molecule has 118 valence electrons. The van der Waals surface area contributed by atoms with Crippen molar-refractivity contribution in [3.8, 4) is 11.5 Å². The van der Waals surface area contributed by atoms with E-state index in [1.807, 2.05) is 36.4 Å². The lowest BCUT2D eigenvalue weighted by Crippen LogP contribution is -2.00. The van der Waals surface area contributed by atoms with Crippen LogP contribution in [0.15, 0.2) is 48.5 Å². The van der Waals surface area contributed by atoms with Gasteiger partial charge in [-0.15, -0.1) is 0 Å². The Balaban J connectivity index is 1.98. The molecule has 0 saturated heterocycles. The van der Waals surface area contributed by atoms with Crippen LogP contribution in [0.25, 0.3) is 10.9 Å². The monoisotopic (exact) mass is 311 g/mol. The van der Waals surface area contributed by atoms with E-state index in [4.69, 9.17) is 14.2 Å². The highest BCUT2D eigenvalue weighted by molar-refractivity contribution is 5.98. The third-order valence-corrected chi connectivity index (χ3v) is 3.57. The molecule has 0 aliphatic heterocycles. The zero-order valence-corrected chi connectivity index (χ0v) is 13.0. The van der Waals surface area contributed by atoms with E-state index >= 15 is 0 Å². The fourth-order valence-electron chi connectivity index (χ4n) is 2.42. The van der Waals surface area contributed by atoms with Gasteiger partial charge in [0.2, 0.25) is 0 Å². The Morgan fingerprint density at radius 3 is 2.57 bits per heavy atom. The van der Waals surface area contributed by atoms with E-state index in [1.54, 1.807) is 19.2 Å². The summed E-state index contributed by atoms with van der Waals surface area (Å²) in [5, 5.41) is 0.778. The summed E-state index contributed by atoms with van der Waals surface area (Å²) in [5.74, 6) is 0.790. The highest BCUT2D eigenvalue weighted by Crippen LogP contribution is 2.36. The topological polar surface area (TPSA) is 60.6 Å². The molecule has 0 radical (unpaired) electrons. The second kappa shape index (κ2) is 6.44. The molecular weight excluding hydrogens is 294 g/mol. The van der Waals surface area contributed by atoms with E-state index in [9.17, 15) is 4.79 Å². The van der Waals surface area contributed by atoms with Crippen molar-refractivity contribution in [2.45, 2.75) is 6.61 Å². The third kappa shape index (κ3) is 2.99. The van der Waals surface area contributed by atoms with Gasteiger partial charge in [-0.3, -0.25) is 0 Å². The second-order valence-electron chi connectivity index (χ2n) is 5.01. The van der Waals surface area contributed by atoms with Crippen molar-refractivity contribution in [1.29, 1.82) is 0 Å². The summed E-state index contributed by atoms with van der Waals surface area (Å²) in [6.07, 6.45) is 0. The molecule has 0 aliphatic carbocycles. The lowest BCUT2D eigenvalue weighted by atomic mass is 10.2. The van der Waals surface area contributed by atoms with E-state index in [0.29, 0.717) is 23.8 Å². The molecule has 0 fully saturated rings. The smallest absolute Gasteiger partial charge is 0.354 e. The van der Waals surface area contributed by atoms with Crippen LogP contribution in [-0.4, -0.2) is 25.2 Å². The number of H-pyrrole nitrogens is 1. The lowest BCUT2D eigenvalue weighted by molar-refractivity contribution is 0.0595. The highest BCUT2D eigenvalue weighted by atomic mass is 16.5. The van der Waals surface area contributed by atoms with Crippen molar-refractivity contribution in [1.82, 2.24) is 4.98 Å².